The van der Waals surface area contributed by atoms with Crippen molar-refractivity contribution in [2.24, 2.45) is 0 Å². The van der Waals surface area contributed by atoms with Gasteiger partial charge in [0.2, 0.25) is 0 Å². The number of hydrogen-bond acceptors (Lipinski definition) is 1. The van der Waals surface area contributed by atoms with Crippen molar-refractivity contribution in [3.05, 3.63) is 155 Å². The maximum Gasteiger partial charge on any atom is 0.143 e. The molecule has 1 nitrogen and oxygen atoms in total. The molecule has 1 heterocycles. The average molecular weight is 521 g/mol. The number of rotatable bonds is 4. The van der Waals surface area contributed by atoms with Crippen LogP contribution in [0.5, 0.6) is 0 Å². The van der Waals surface area contributed by atoms with Crippen LogP contribution >= 0.6 is 0 Å². The van der Waals surface area contributed by atoms with Gasteiger partial charge in [-0.15, -0.1) is 0 Å². The van der Waals surface area contributed by atoms with E-state index in [1.165, 1.54) is 0 Å². The van der Waals surface area contributed by atoms with Gasteiger partial charge in [0.15, 0.2) is 0 Å². The van der Waals surface area contributed by atoms with Gasteiger partial charge in [-0.25, -0.2) is 0 Å². The predicted octanol–water partition coefficient (Wildman–Crippen LogP) is 10.2. The highest BCUT2D eigenvalue weighted by molar-refractivity contribution is 6.16. The second-order valence-electron chi connectivity index (χ2n) is 8.78. The molecule has 0 radical (unpaired) electrons. The summed E-state index contributed by atoms with van der Waals surface area (Å²) in [4.78, 5) is 0. The minimum absolute atomic E-state index is 0.230. The van der Waals surface area contributed by atoms with E-state index in [2.05, 4.69) is 0 Å². The molecule has 8 rings (SSSR count). The molecule has 0 aliphatic heterocycles. The number of fused-ring (bicyclic) bond motifs is 7. The summed E-state index contributed by atoms with van der Waals surface area (Å²) < 4.78 is 198. The van der Waals surface area contributed by atoms with Crippen molar-refractivity contribution < 1.29 is 34.6 Å². The quantitative estimate of drug-likeness (QED) is 0.210. The van der Waals surface area contributed by atoms with Gasteiger partial charge in [0.05, 0.1) is 30.2 Å². The normalized spacial score (nSPS) is 19.7. The Labute approximate surface area is 257 Å². The lowest BCUT2D eigenvalue weighted by Gasteiger charge is -2.17. The SMILES string of the molecule is [2H]c1c([2H])c([2H])c(Cc2c3c([2H])c([2H])c([2H])c([2H])c3c(Cc3c([2H])c([2H])c([2H])c4oc5c6c([2H])c([2H])c([2H])c([2H])c6c([2H])c([2H])c5c34)c3c([2H])c([2H])c([2H])c([2H])c23)c([2H])c1[2H]. The van der Waals surface area contributed by atoms with Crippen LogP contribution in [0.15, 0.2) is 137 Å². The van der Waals surface area contributed by atoms with Crippen LogP contribution in [0, 0.1) is 0 Å². The maximum absolute atomic E-state index is 9.21. The first-order valence-electron chi connectivity index (χ1n) is 22.8. The van der Waals surface area contributed by atoms with Gasteiger partial charge in [-0.05, 0) is 74.1 Å². The van der Waals surface area contributed by atoms with Crippen LogP contribution in [0.2, 0.25) is 0 Å². The fourth-order valence-corrected chi connectivity index (χ4v) is 5.01. The third-order valence-corrected chi connectivity index (χ3v) is 6.67. The van der Waals surface area contributed by atoms with Gasteiger partial charge >= 0.3 is 0 Å². The average Bonchev–Trinajstić information content (AvgIpc) is 3.64. The summed E-state index contributed by atoms with van der Waals surface area (Å²) in [5.41, 5.74) is -1.88. The minimum atomic E-state index is -0.784. The first-order valence-corrected chi connectivity index (χ1v) is 11.8. The van der Waals surface area contributed by atoms with Crippen LogP contribution in [0.3, 0.4) is 0 Å². The molecule has 0 atom stereocenters. The standard InChI is InChI=1S/C38H26O/c1-2-11-25(12-3-1)23-34-29-16-6-8-18-31(29)35(32-19-9-7-17-30(32)34)24-27-14-10-20-36-37(27)33-22-21-26-13-4-5-15-28(26)38(33)39-36/h1-22H,23-24H2/i1D,2D,3D,4D,5D,6D,7D,8D,9D,10D,11D,12D,13D,14D,15D,16D,17D,18D,19D,20D,21D,22D. The molecule has 184 valence electrons. The lowest BCUT2D eigenvalue weighted by atomic mass is 9.86. The van der Waals surface area contributed by atoms with Gasteiger partial charge < -0.3 is 4.42 Å². The topological polar surface area (TPSA) is 13.1 Å². The van der Waals surface area contributed by atoms with E-state index >= 15 is 0 Å². The van der Waals surface area contributed by atoms with Crippen molar-refractivity contribution >= 4 is 54.3 Å². The van der Waals surface area contributed by atoms with E-state index in [9.17, 15) is 4.11 Å². The van der Waals surface area contributed by atoms with Gasteiger partial charge in [0.1, 0.15) is 11.2 Å². The Morgan fingerprint density at radius 3 is 1.74 bits per heavy atom. The highest BCUT2D eigenvalue weighted by Crippen LogP contribution is 2.39. The predicted molar refractivity (Wildman–Crippen MR) is 165 cm³/mol. The molecule has 0 unspecified atom stereocenters. The molecule has 0 spiro atoms. The molecule has 39 heavy (non-hydrogen) atoms. The van der Waals surface area contributed by atoms with E-state index in [0.717, 1.165) is 0 Å². The number of benzene rings is 7. The molecule has 0 bridgehead atoms. The van der Waals surface area contributed by atoms with Gasteiger partial charge in [-0.3, -0.25) is 0 Å². The van der Waals surface area contributed by atoms with Crippen LogP contribution in [-0.2, 0) is 12.8 Å². The maximum atomic E-state index is 9.21. The zero-order chi connectivity index (χ0) is 44.9. The molecule has 0 aliphatic carbocycles. The molecule has 0 saturated heterocycles. The molecule has 7 aromatic carbocycles. The molecular weight excluding hydrogens is 472 g/mol. The Kier molecular flexibility index (Phi) is 2.13. The molecule has 0 N–H and O–H groups in total. The first-order chi connectivity index (χ1) is 28.5. The fourth-order valence-electron chi connectivity index (χ4n) is 5.01. The summed E-state index contributed by atoms with van der Waals surface area (Å²) in [5, 5.41) is -2.59. The Balaban J connectivity index is 1.61. The summed E-state index contributed by atoms with van der Waals surface area (Å²) in [6, 6.07) is -15.5. The van der Waals surface area contributed by atoms with E-state index in [4.69, 9.17) is 30.5 Å². The highest BCUT2D eigenvalue weighted by atomic mass is 16.3. The van der Waals surface area contributed by atoms with E-state index in [1.807, 2.05) is 0 Å². The molecule has 1 aromatic heterocycles. The zero-order valence-electron chi connectivity index (χ0n) is 41.8. The second-order valence-corrected chi connectivity index (χ2v) is 8.78. The zero-order valence-corrected chi connectivity index (χ0v) is 19.8. The van der Waals surface area contributed by atoms with Crippen LogP contribution < -0.4 is 0 Å². The lowest BCUT2D eigenvalue weighted by Crippen LogP contribution is -1.98. The molecule has 0 fully saturated rings. The van der Waals surface area contributed by atoms with Gasteiger partial charge in [-0.1, -0.05) is 121 Å². The number of furan rings is 1. The Hall–Kier alpha value is -4.88. The second kappa shape index (κ2) is 8.85. The van der Waals surface area contributed by atoms with Crippen LogP contribution in [0.4, 0.5) is 0 Å². The van der Waals surface area contributed by atoms with Crippen molar-refractivity contribution in [1.82, 2.24) is 0 Å². The molecular formula is C38H26O. The van der Waals surface area contributed by atoms with Gasteiger partial charge in [-0.2, -0.15) is 0 Å². The fraction of sp³-hybridized carbons (Fsp3) is 0.0526. The number of hydrogen-bond donors (Lipinski definition) is 0. The van der Waals surface area contributed by atoms with Crippen molar-refractivity contribution in [2.45, 2.75) is 12.8 Å². The van der Waals surface area contributed by atoms with Crippen molar-refractivity contribution in [3.63, 3.8) is 0 Å². The van der Waals surface area contributed by atoms with Crippen LogP contribution in [0.1, 0.15) is 52.4 Å². The summed E-state index contributed by atoms with van der Waals surface area (Å²) in [6.45, 7) is 0. The van der Waals surface area contributed by atoms with Crippen LogP contribution in [0.25, 0.3) is 54.3 Å². The van der Waals surface area contributed by atoms with Crippen molar-refractivity contribution in [2.75, 3.05) is 0 Å². The van der Waals surface area contributed by atoms with E-state index in [0.29, 0.717) is 0 Å². The Morgan fingerprint density at radius 1 is 0.462 bits per heavy atom. The van der Waals surface area contributed by atoms with Gasteiger partial charge in [0.25, 0.3) is 0 Å². The summed E-state index contributed by atoms with van der Waals surface area (Å²) in [6.07, 6.45) is -1.38. The molecule has 0 aliphatic rings. The van der Waals surface area contributed by atoms with E-state index < -0.39 is 151 Å². The minimum Gasteiger partial charge on any atom is -0.455 e. The third kappa shape index (κ3) is 3.55. The Morgan fingerprint density at radius 2 is 1.05 bits per heavy atom. The molecule has 0 saturated carbocycles. The molecule has 1 heteroatoms. The molecule has 0 amide bonds. The van der Waals surface area contributed by atoms with Gasteiger partial charge in [0, 0.05) is 16.2 Å². The van der Waals surface area contributed by atoms with Crippen molar-refractivity contribution in [3.8, 4) is 0 Å². The summed E-state index contributed by atoms with van der Waals surface area (Å²) in [7, 11) is 0. The van der Waals surface area contributed by atoms with E-state index in [-0.39, 0.29) is 70.9 Å². The van der Waals surface area contributed by atoms with E-state index in [1.54, 1.807) is 0 Å². The van der Waals surface area contributed by atoms with Crippen LogP contribution in [-0.4, -0.2) is 0 Å². The highest BCUT2D eigenvalue weighted by Gasteiger charge is 2.18. The third-order valence-electron chi connectivity index (χ3n) is 6.67. The van der Waals surface area contributed by atoms with Crippen molar-refractivity contribution in [1.29, 1.82) is 0 Å². The smallest absolute Gasteiger partial charge is 0.143 e. The lowest BCUT2D eigenvalue weighted by molar-refractivity contribution is 0.672. The first kappa shape index (κ1) is 9.39. The molecule has 8 aromatic rings. The summed E-state index contributed by atoms with van der Waals surface area (Å²) in [5.74, 6) is 0. The summed E-state index contributed by atoms with van der Waals surface area (Å²) >= 11 is 0. The largest absolute Gasteiger partial charge is 0.455 e. The Bertz CT molecular complexity index is 3280. The monoisotopic (exact) mass is 520 g/mol.